The molecule has 0 aliphatic carbocycles. The summed E-state index contributed by atoms with van der Waals surface area (Å²) in [5.74, 6) is -0.318. The smallest absolute Gasteiger partial charge is 0.255 e. The van der Waals surface area contributed by atoms with Crippen LogP contribution in [-0.2, 0) is 0 Å². The molecule has 0 fully saturated rings. The summed E-state index contributed by atoms with van der Waals surface area (Å²) in [6.45, 7) is 0. The lowest BCUT2D eigenvalue weighted by atomic mass is 10.1. The van der Waals surface area contributed by atoms with Crippen LogP contribution in [0.1, 0.15) is 10.4 Å². The standard InChI is InChI=1S/C21H13FN2O3/c22-15-3-1-13(2-4-15)20-12-18(25)17-11-16(5-6-19(17)27-20)24-21(26)14-7-9-23-10-8-14/h1-12H,(H,24,26). The second-order valence-corrected chi connectivity index (χ2v) is 5.88. The van der Waals surface area contributed by atoms with Crippen LogP contribution in [0.2, 0.25) is 0 Å². The Morgan fingerprint density at radius 3 is 2.44 bits per heavy atom. The molecule has 2 aromatic carbocycles. The van der Waals surface area contributed by atoms with Crippen molar-refractivity contribution in [3.8, 4) is 11.3 Å². The number of hydrogen-bond acceptors (Lipinski definition) is 4. The van der Waals surface area contributed by atoms with Gasteiger partial charge in [0, 0.05) is 35.3 Å². The zero-order valence-electron chi connectivity index (χ0n) is 14.0. The minimum Gasteiger partial charge on any atom is -0.456 e. The summed E-state index contributed by atoms with van der Waals surface area (Å²) in [6.07, 6.45) is 3.06. The van der Waals surface area contributed by atoms with E-state index in [0.29, 0.717) is 33.5 Å². The Hall–Kier alpha value is -3.80. The van der Waals surface area contributed by atoms with Crippen molar-refractivity contribution in [2.24, 2.45) is 0 Å². The molecule has 0 aliphatic heterocycles. The van der Waals surface area contributed by atoms with Crippen molar-refractivity contribution < 1.29 is 13.6 Å². The van der Waals surface area contributed by atoms with Gasteiger partial charge in [-0.15, -0.1) is 0 Å². The number of aromatic nitrogens is 1. The molecule has 0 radical (unpaired) electrons. The van der Waals surface area contributed by atoms with Gasteiger partial charge in [-0.1, -0.05) is 0 Å². The minimum absolute atomic E-state index is 0.254. The number of anilines is 1. The van der Waals surface area contributed by atoms with E-state index in [-0.39, 0.29) is 17.2 Å². The van der Waals surface area contributed by atoms with E-state index in [9.17, 15) is 14.0 Å². The van der Waals surface area contributed by atoms with Gasteiger partial charge in [-0.25, -0.2) is 4.39 Å². The van der Waals surface area contributed by atoms with Crippen molar-refractivity contribution in [1.29, 1.82) is 0 Å². The summed E-state index contributed by atoms with van der Waals surface area (Å²) in [6, 6.07) is 15.1. The van der Waals surface area contributed by atoms with Gasteiger partial charge in [-0.2, -0.15) is 0 Å². The number of halogens is 1. The van der Waals surface area contributed by atoms with Gasteiger partial charge in [0.2, 0.25) is 0 Å². The molecule has 0 spiro atoms. The molecule has 2 aromatic heterocycles. The third kappa shape index (κ3) is 3.46. The molecule has 0 unspecified atom stereocenters. The molecule has 1 N–H and O–H groups in total. The molecule has 0 saturated carbocycles. The summed E-state index contributed by atoms with van der Waals surface area (Å²) in [5, 5.41) is 3.08. The minimum atomic E-state index is -0.364. The van der Waals surface area contributed by atoms with E-state index in [4.69, 9.17) is 4.42 Å². The summed E-state index contributed by atoms with van der Waals surface area (Å²) < 4.78 is 18.8. The van der Waals surface area contributed by atoms with Gasteiger partial charge in [0.05, 0.1) is 5.39 Å². The Morgan fingerprint density at radius 2 is 1.70 bits per heavy atom. The zero-order chi connectivity index (χ0) is 18.8. The SMILES string of the molecule is O=C(Nc1ccc2oc(-c3ccc(F)cc3)cc(=O)c2c1)c1ccncc1. The lowest BCUT2D eigenvalue weighted by Gasteiger charge is -2.07. The highest BCUT2D eigenvalue weighted by Gasteiger charge is 2.10. The Bertz CT molecular complexity index is 1190. The highest BCUT2D eigenvalue weighted by Crippen LogP contribution is 2.24. The maximum absolute atomic E-state index is 13.1. The largest absolute Gasteiger partial charge is 0.456 e. The second kappa shape index (κ2) is 6.84. The van der Waals surface area contributed by atoms with Crippen molar-refractivity contribution in [2.75, 3.05) is 5.32 Å². The van der Waals surface area contributed by atoms with E-state index >= 15 is 0 Å². The predicted molar refractivity (Wildman–Crippen MR) is 100 cm³/mol. The van der Waals surface area contributed by atoms with Crippen LogP contribution in [0, 0.1) is 5.82 Å². The quantitative estimate of drug-likeness (QED) is 0.593. The van der Waals surface area contributed by atoms with Crippen molar-refractivity contribution in [3.05, 3.63) is 94.7 Å². The topological polar surface area (TPSA) is 72.2 Å². The number of rotatable bonds is 3. The van der Waals surface area contributed by atoms with E-state index in [1.54, 1.807) is 42.5 Å². The summed E-state index contributed by atoms with van der Waals surface area (Å²) in [4.78, 5) is 28.6. The second-order valence-electron chi connectivity index (χ2n) is 5.88. The van der Waals surface area contributed by atoms with Gasteiger partial charge < -0.3 is 9.73 Å². The molecule has 27 heavy (non-hydrogen) atoms. The molecular formula is C21H13FN2O3. The molecule has 0 atom stereocenters. The molecule has 0 bridgehead atoms. The highest BCUT2D eigenvalue weighted by molar-refractivity contribution is 6.04. The summed E-state index contributed by atoms with van der Waals surface area (Å²) >= 11 is 0. The number of fused-ring (bicyclic) bond motifs is 1. The molecule has 4 aromatic rings. The number of pyridine rings is 1. The number of benzene rings is 2. The predicted octanol–water partition coefficient (Wildman–Crippen LogP) is 4.25. The summed E-state index contributed by atoms with van der Waals surface area (Å²) in [7, 11) is 0. The van der Waals surface area contributed by atoms with E-state index in [2.05, 4.69) is 10.3 Å². The van der Waals surface area contributed by atoms with E-state index in [1.165, 1.54) is 30.6 Å². The average molecular weight is 360 g/mol. The van der Waals surface area contributed by atoms with E-state index in [0.717, 1.165) is 0 Å². The lowest BCUT2D eigenvalue weighted by molar-refractivity contribution is 0.102. The number of nitrogens with zero attached hydrogens (tertiary/aromatic N) is 1. The molecule has 0 saturated heterocycles. The highest BCUT2D eigenvalue weighted by atomic mass is 19.1. The maximum Gasteiger partial charge on any atom is 0.255 e. The number of nitrogens with one attached hydrogen (secondary N) is 1. The van der Waals surface area contributed by atoms with Crippen LogP contribution in [0.4, 0.5) is 10.1 Å². The number of hydrogen-bond donors (Lipinski definition) is 1. The first-order chi connectivity index (χ1) is 13.1. The van der Waals surface area contributed by atoms with Crippen LogP contribution in [0.15, 0.2) is 82.3 Å². The fraction of sp³-hybridized carbons (Fsp3) is 0. The van der Waals surface area contributed by atoms with Crippen LogP contribution < -0.4 is 10.7 Å². The van der Waals surface area contributed by atoms with Crippen molar-refractivity contribution >= 4 is 22.6 Å². The Morgan fingerprint density at radius 1 is 0.963 bits per heavy atom. The van der Waals surface area contributed by atoms with Gasteiger partial charge in [-0.3, -0.25) is 14.6 Å². The van der Waals surface area contributed by atoms with Gasteiger partial charge in [0.25, 0.3) is 5.91 Å². The first kappa shape index (κ1) is 16.7. The third-order valence-electron chi connectivity index (χ3n) is 4.06. The number of carbonyl (C=O) groups is 1. The molecular weight excluding hydrogens is 347 g/mol. The number of carbonyl (C=O) groups excluding carboxylic acids is 1. The molecule has 5 nitrogen and oxygen atoms in total. The normalized spacial score (nSPS) is 10.7. The molecule has 4 rings (SSSR count). The van der Waals surface area contributed by atoms with Crippen LogP contribution >= 0.6 is 0 Å². The van der Waals surface area contributed by atoms with E-state index in [1.807, 2.05) is 0 Å². The zero-order valence-corrected chi connectivity index (χ0v) is 14.0. The monoisotopic (exact) mass is 360 g/mol. The number of amides is 1. The van der Waals surface area contributed by atoms with Gasteiger partial charge in [-0.05, 0) is 54.6 Å². The van der Waals surface area contributed by atoms with Gasteiger partial charge >= 0.3 is 0 Å². The van der Waals surface area contributed by atoms with Crippen LogP contribution in [0.25, 0.3) is 22.3 Å². The Kier molecular flexibility index (Phi) is 4.22. The first-order valence-corrected chi connectivity index (χ1v) is 8.15. The molecule has 2 heterocycles. The molecule has 1 amide bonds. The fourth-order valence-corrected chi connectivity index (χ4v) is 2.70. The summed E-state index contributed by atoms with van der Waals surface area (Å²) in [5.41, 5.74) is 1.67. The van der Waals surface area contributed by atoms with E-state index < -0.39 is 0 Å². The fourth-order valence-electron chi connectivity index (χ4n) is 2.70. The lowest BCUT2D eigenvalue weighted by Crippen LogP contribution is -2.12. The maximum atomic E-state index is 13.1. The molecule has 0 aliphatic rings. The molecule has 6 heteroatoms. The van der Waals surface area contributed by atoms with Crippen LogP contribution in [0.5, 0.6) is 0 Å². The third-order valence-corrected chi connectivity index (χ3v) is 4.06. The average Bonchev–Trinajstić information content (AvgIpc) is 2.69. The Balaban J connectivity index is 1.68. The van der Waals surface area contributed by atoms with Gasteiger partial charge in [0.15, 0.2) is 5.43 Å². The first-order valence-electron chi connectivity index (χ1n) is 8.15. The van der Waals surface area contributed by atoms with Crippen molar-refractivity contribution in [3.63, 3.8) is 0 Å². The van der Waals surface area contributed by atoms with Crippen LogP contribution in [-0.4, -0.2) is 10.9 Å². The van der Waals surface area contributed by atoms with Crippen LogP contribution in [0.3, 0.4) is 0 Å². The van der Waals surface area contributed by atoms with Crippen molar-refractivity contribution in [2.45, 2.75) is 0 Å². The van der Waals surface area contributed by atoms with Gasteiger partial charge in [0.1, 0.15) is 17.2 Å². The molecule has 132 valence electrons. The Labute approximate surface area is 153 Å². The van der Waals surface area contributed by atoms with Crippen molar-refractivity contribution in [1.82, 2.24) is 4.98 Å².